The van der Waals surface area contributed by atoms with Crippen molar-refractivity contribution in [3.63, 3.8) is 0 Å². The van der Waals surface area contributed by atoms with Crippen molar-refractivity contribution in [1.82, 2.24) is 10.2 Å². The number of amides is 2. The Morgan fingerprint density at radius 1 is 1.16 bits per heavy atom. The van der Waals surface area contributed by atoms with Crippen molar-refractivity contribution in [3.8, 4) is 5.75 Å². The fraction of sp³-hybridized carbons (Fsp3) is 0.391. The van der Waals surface area contributed by atoms with Gasteiger partial charge in [0.15, 0.2) is 0 Å². The van der Waals surface area contributed by atoms with E-state index in [4.69, 9.17) is 27.9 Å². The third-order valence-electron chi connectivity index (χ3n) is 4.73. The summed E-state index contributed by atoms with van der Waals surface area (Å²) in [6.07, 6.45) is 0.836. The molecule has 0 fully saturated rings. The average Bonchev–Trinajstić information content (AvgIpc) is 2.77. The van der Waals surface area contributed by atoms with Crippen LogP contribution in [0, 0.1) is 0 Å². The van der Waals surface area contributed by atoms with Gasteiger partial charge in [0, 0.05) is 28.9 Å². The first-order chi connectivity index (χ1) is 14.8. The number of halogens is 2. The Morgan fingerprint density at radius 3 is 2.48 bits per heavy atom. The van der Waals surface area contributed by atoms with Crippen LogP contribution in [0.3, 0.4) is 0 Å². The summed E-state index contributed by atoms with van der Waals surface area (Å²) in [5.41, 5.74) is 1.84. The first kappa shape index (κ1) is 25.4. The fourth-order valence-corrected chi connectivity index (χ4v) is 4.34. The number of carbonyl (C=O) groups is 2. The van der Waals surface area contributed by atoms with E-state index in [2.05, 4.69) is 5.32 Å². The van der Waals surface area contributed by atoms with Crippen LogP contribution in [0.25, 0.3) is 0 Å². The van der Waals surface area contributed by atoms with Gasteiger partial charge in [0.1, 0.15) is 11.8 Å². The van der Waals surface area contributed by atoms with Crippen LogP contribution in [0.2, 0.25) is 10.0 Å². The number of hydrogen-bond acceptors (Lipinski definition) is 4. The van der Waals surface area contributed by atoms with Crippen LogP contribution < -0.4 is 10.1 Å². The van der Waals surface area contributed by atoms with Crippen LogP contribution in [-0.2, 0) is 21.9 Å². The average molecular weight is 483 g/mol. The van der Waals surface area contributed by atoms with Crippen molar-refractivity contribution in [2.75, 3.05) is 19.4 Å². The lowest BCUT2D eigenvalue weighted by atomic mass is 10.1. The lowest BCUT2D eigenvalue weighted by Gasteiger charge is -2.29. The second-order valence-corrected chi connectivity index (χ2v) is 8.89. The lowest BCUT2D eigenvalue weighted by Crippen LogP contribution is -2.48. The highest BCUT2D eigenvalue weighted by atomic mass is 35.5. The zero-order valence-electron chi connectivity index (χ0n) is 18.0. The smallest absolute Gasteiger partial charge is 0.242 e. The summed E-state index contributed by atoms with van der Waals surface area (Å²) in [7, 11) is 1.61. The summed E-state index contributed by atoms with van der Waals surface area (Å²) in [5.74, 6) is 1.29. The van der Waals surface area contributed by atoms with Gasteiger partial charge in [-0.05, 0) is 48.7 Å². The van der Waals surface area contributed by atoms with Crippen LogP contribution in [0.4, 0.5) is 0 Å². The van der Waals surface area contributed by atoms with Crippen molar-refractivity contribution in [2.45, 2.75) is 38.6 Å². The van der Waals surface area contributed by atoms with Gasteiger partial charge in [0.05, 0.1) is 12.9 Å². The lowest BCUT2D eigenvalue weighted by molar-refractivity contribution is -0.138. The zero-order valence-corrected chi connectivity index (χ0v) is 20.3. The molecule has 8 heteroatoms. The molecule has 0 bridgehead atoms. The van der Waals surface area contributed by atoms with Gasteiger partial charge in [0.25, 0.3) is 0 Å². The first-order valence-electron chi connectivity index (χ1n) is 10.1. The molecule has 1 N–H and O–H groups in total. The Labute approximate surface area is 198 Å². The van der Waals surface area contributed by atoms with Crippen LogP contribution >= 0.6 is 35.0 Å². The van der Waals surface area contributed by atoms with Crippen LogP contribution in [0.15, 0.2) is 42.5 Å². The summed E-state index contributed by atoms with van der Waals surface area (Å²) in [5, 5.41) is 4.03. The highest BCUT2D eigenvalue weighted by Gasteiger charge is 2.25. The van der Waals surface area contributed by atoms with E-state index in [9.17, 15) is 9.59 Å². The molecule has 0 aliphatic rings. The summed E-state index contributed by atoms with van der Waals surface area (Å²) in [6, 6.07) is 12.2. The van der Waals surface area contributed by atoms with Gasteiger partial charge in [-0.3, -0.25) is 9.59 Å². The van der Waals surface area contributed by atoms with E-state index in [-0.39, 0.29) is 17.6 Å². The number of nitrogens with one attached hydrogen (secondary N) is 1. The van der Waals surface area contributed by atoms with E-state index in [0.29, 0.717) is 28.9 Å². The molecule has 168 valence electrons. The van der Waals surface area contributed by atoms with Gasteiger partial charge in [-0.1, -0.05) is 48.3 Å². The Morgan fingerprint density at radius 2 is 1.87 bits per heavy atom. The molecule has 1 atom stereocenters. The quantitative estimate of drug-likeness (QED) is 0.479. The van der Waals surface area contributed by atoms with Crippen molar-refractivity contribution in [1.29, 1.82) is 0 Å². The molecule has 0 saturated heterocycles. The summed E-state index contributed by atoms with van der Waals surface area (Å²) in [6.45, 7) is 4.67. The van der Waals surface area contributed by atoms with Crippen LogP contribution in [-0.4, -0.2) is 42.2 Å². The van der Waals surface area contributed by atoms with E-state index in [1.165, 1.54) is 11.8 Å². The van der Waals surface area contributed by atoms with E-state index in [0.717, 1.165) is 23.3 Å². The number of ether oxygens (including phenoxy) is 1. The minimum Gasteiger partial charge on any atom is -0.497 e. The van der Waals surface area contributed by atoms with E-state index >= 15 is 0 Å². The van der Waals surface area contributed by atoms with Crippen LogP contribution in [0.1, 0.15) is 31.4 Å². The maximum absolute atomic E-state index is 13.1. The highest BCUT2D eigenvalue weighted by molar-refractivity contribution is 7.99. The van der Waals surface area contributed by atoms with Crippen molar-refractivity contribution < 1.29 is 14.3 Å². The topological polar surface area (TPSA) is 58.6 Å². The number of thioether (sulfide) groups is 1. The van der Waals surface area contributed by atoms with Crippen molar-refractivity contribution in [2.24, 2.45) is 0 Å². The monoisotopic (exact) mass is 482 g/mol. The zero-order chi connectivity index (χ0) is 22.8. The van der Waals surface area contributed by atoms with Crippen molar-refractivity contribution in [3.05, 3.63) is 63.6 Å². The number of nitrogens with zero attached hydrogens (tertiary/aromatic N) is 1. The maximum atomic E-state index is 13.1. The number of carbonyl (C=O) groups excluding carboxylic acids is 2. The Bertz CT molecular complexity index is 878. The molecule has 0 spiro atoms. The Kier molecular flexibility index (Phi) is 10.5. The van der Waals surface area contributed by atoms with Gasteiger partial charge in [-0.2, -0.15) is 0 Å². The van der Waals surface area contributed by atoms with Crippen LogP contribution in [0.5, 0.6) is 5.75 Å². The molecule has 0 aromatic heterocycles. The summed E-state index contributed by atoms with van der Waals surface area (Å²) >= 11 is 13.6. The summed E-state index contributed by atoms with van der Waals surface area (Å²) < 4.78 is 5.20. The molecular formula is C23H28Cl2N2O3S. The molecule has 2 aromatic rings. The molecule has 31 heavy (non-hydrogen) atoms. The SMILES string of the molecule is CCCNC(=O)[C@H](C)N(Cc1ccc(OC)cc1)C(=O)CSCc1ccc(Cl)cc1Cl. The normalized spacial score (nSPS) is 11.6. The molecule has 2 aromatic carbocycles. The minimum atomic E-state index is -0.583. The molecule has 2 rings (SSSR count). The highest BCUT2D eigenvalue weighted by Crippen LogP contribution is 2.25. The number of hydrogen-bond donors (Lipinski definition) is 1. The number of methoxy groups -OCH3 is 1. The molecule has 0 aliphatic heterocycles. The molecular weight excluding hydrogens is 455 g/mol. The van der Waals surface area contributed by atoms with E-state index in [1.54, 1.807) is 31.1 Å². The maximum Gasteiger partial charge on any atom is 0.242 e. The second kappa shape index (κ2) is 12.8. The second-order valence-electron chi connectivity index (χ2n) is 7.07. The largest absolute Gasteiger partial charge is 0.497 e. The number of rotatable bonds is 11. The van der Waals surface area contributed by atoms with E-state index in [1.807, 2.05) is 37.3 Å². The molecule has 0 saturated carbocycles. The predicted octanol–water partition coefficient (Wildman–Crippen LogP) is 5.18. The molecule has 5 nitrogen and oxygen atoms in total. The third-order valence-corrected chi connectivity index (χ3v) is 6.28. The fourth-order valence-electron chi connectivity index (χ4n) is 2.88. The van der Waals surface area contributed by atoms with Gasteiger partial charge < -0.3 is 15.0 Å². The van der Waals surface area contributed by atoms with Gasteiger partial charge >= 0.3 is 0 Å². The molecule has 2 amide bonds. The number of benzene rings is 2. The van der Waals surface area contributed by atoms with Gasteiger partial charge in [-0.25, -0.2) is 0 Å². The molecule has 0 radical (unpaired) electrons. The third kappa shape index (κ3) is 7.95. The predicted molar refractivity (Wildman–Crippen MR) is 129 cm³/mol. The Hall–Kier alpha value is -1.89. The molecule has 0 unspecified atom stereocenters. The molecule has 0 aliphatic carbocycles. The van der Waals surface area contributed by atoms with E-state index < -0.39 is 6.04 Å². The standard InChI is InChI=1S/C23H28Cl2N2O3S/c1-4-11-26-23(29)16(2)27(13-17-5-9-20(30-3)10-6-17)22(28)15-31-14-18-7-8-19(24)12-21(18)25/h5-10,12,16H,4,11,13-15H2,1-3H3,(H,26,29)/t16-/m0/s1. The molecule has 0 heterocycles. The van der Waals surface area contributed by atoms with Gasteiger partial charge in [0.2, 0.25) is 11.8 Å². The van der Waals surface area contributed by atoms with Crippen molar-refractivity contribution >= 4 is 46.8 Å². The Balaban J connectivity index is 2.07. The minimum absolute atomic E-state index is 0.106. The first-order valence-corrected chi connectivity index (χ1v) is 12.0. The van der Waals surface area contributed by atoms with Gasteiger partial charge in [-0.15, -0.1) is 11.8 Å². The summed E-state index contributed by atoms with van der Waals surface area (Å²) in [4.78, 5) is 27.2.